The molecule has 0 saturated carbocycles. The average Bonchev–Trinajstić information content (AvgIpc) is 3.10. The van der Waals surface area contributed by atoms with Crippen LogP contribution in [0.4, 0.5) is 15.9 Å². The number of primary amides is 1. The van der Waals surface area contributed by atoms with Crippen LogP contribution >= 0.6 is 10.6 Å². The summed E-state index contributed by atoms with van der Waals surface area (Å²) in [5.74, 6) is -1.65. The molecule has 5 N–H and O–H groups in total. The van der Waals surface area contributed by atoms with Crippen molar-refractivity contribution in [3.8, 4) is 6.07 Å². The number of hydrogen-bond acceptors (Lipinski definition) is 6. The van der Waals surface area contributed by atoms with E-state index in [1.165, 1.54) is 35.1 Å². The molecule has 0 bridgehead atoms. The van der Waals surface area contributed by atoms with E-state index in [1.807, 2.05) is 6.07 Å². The number of nitrogens with zero attached hydrogens (tertiary/aromatic N) is 3. The van der Waals surface area contributed by atoms with Crippen LogP contribution in [0.25, 0.3) is 0 Å². The van der Waals surface area contributed by atoms with Gasteiger partial charge in [-0.1, -0.05) is 0 Å². The van der Waals surface area contributed by atoms with E-state index in [2.05, 4.69) is 10.4 Å². The molecule has 0 spiro atoms. The Hall–Kier alpha value is -2.61. The van der Waals surface area contributed by atoms with Crippen molar-refractivity contribution in [1.29, 1.82) is 5.26 Å². The van der Waals surface area contributed by atoms with Crippen LogP contribution in [0.5, 0.6) is 0 Å². The third-order valence-electron chi connectivity index (χ3n) is 3.96. The van der Waals surface area contributed by atoms with Gasteiger partial charge in [0.2, 0.25) is 0 Å². The van der Waals surface area contributed by atoms with Gasteiger partial charge in [0.1, 0.15) is 11.4 Å². The number of hydrogen-bond donors (Lipinski definition) is 4. The van der Waals surface area contributed by atoms with Gasteiger partial charge in [-0.3, -0.25) is 18.6 Å². The third-order valence-corrected chi connectivity index (χ3v) is 5.73. The smallest absolute Gasteiger partial charge is 0.254 e. The van der Waals surface area contributed by atoms with Crippen molar-refractivity contribution in [1.82, 2.24) is 9.78 Å². The summed E-state index contributed by atoms with van der Waals surface area (Å²) in [7, 11) is -2.85. The number of nitriles is 1. The lowest BCUT2D eigenvalue weighted by molar-refractivity contribution is 0.100. The van der Waals surface area contributed by atoms with Crippen molar-refractivity contribution in [3.63, 3.8) is 0 Å². The van der Waals surface area contributed by atoms with Crippen molar-refractivity contribution in [2.75, 3.05) is 16.8 Å². The van der Waals surface area contributed by atoms with Gasteiger partial charge in [-0.15, -0.1) is 0 Å². The van der Waals surface area contributed by atoms with E-state index in [0.29, 0.717) is 5.69 Å². The van der Waals surface area contributed by atoms with Gasteiger partial charge < -0.3 is 11.1 Å². The number of benzene rings is 1. The number of carbonyl (C=O) groups excluding carboxylic acids is 1. The number of nitrogens with two attached hydrogens (primary N) is 1. The van der Waals surface area contributed by atoms with E-state index in [4.69, 9.17) is 5.73 Å². The Balaban J connectivity index is 1.93. The molecule has 1 aliphatic rings. The summed E-state index contributed by atoms with van der Waals surface area (Å²) in [4.78, 5) is 11.7. The molecule has 1 fully saturated rings. The van der Waals surface area contributed by atoms with E-state index < -0.39 is 34.3 Å². The highest BCUT2D eigenvalue weighted by atomic mass is 32.3. The van der Waals surface area contributed by atoms with E-state index in [-0.39, 0.29) is 22.9 Å². The molecule has 1 saturated heterocycles. The number of rotatable bonds is 4. The first-order valence-corrected chi connectivity index (χ1v) is 9.22. The van der Waals surface area contributed by atoms with Crippen LogP contribution < -0.4 is 11.1 Å². The monoisotopic (exact) mass is 365 g/mol. The highest BCUT2D eigenvalue weighted by Crippen LogP contribution is 2.52. The Labute approximate surface area is 144 Å². The summed E-state index contributed by atoms with van der Waals surface area (Å²) in [6, 6.07) is 6.92. The maximum absolute atomic E-state index is 13.0. The summed E-state index contributed by atoms with van der Waals surface area (Å²) >= 11 is 0. The zero-order valence-electron chi connectivity index (χ0n) is 13.0. The molecule has 2 aromatic rings. The molecule has 2 atom stereocenters. The van der Waals surface area contributed by atoms with Crippen LogP contribution in [0.3, 0.4) is 0 Å². The molecular weight excluding hydrogens is 349 g/mol. The van der Waals surface area contributed by atoms with Crippen LogP contribution in [-0.4, -0.2) is 36.3 Å². The topological polar surface area (TPSA) is 137 Å². The first-order chi connectivity index (χ1) is 11.8. The molecule has 1 aromatic carbocycles. The van der Waals surface area contributed by atoms with Gasteiger partial charge in [-0.05, 0) is 24.3 Å². The number of nitrogens with one attached hydrogen (secondary N) is 1. The molecule has 0 radical (unpaired) electrons. The maximum Gasteiger partial charge on any atom is 0.254 e. The minimum atomic E-state index is -2.85. The van der Waals surface area contributed by atoms with Gasteiger partial charge in [0.05, 0.1) is 29.5 Å². The lowest BCUT2D eigenvalue weighted by atomic mass is 10.1. The molecule has 0 aliphatic carbocycles. The Kier molecular flexibility index (Phi) is 4.38. The van der Waals surface area contributed by atoms with Crippen molar-refractivity contribution in [2.45, 2.75) is 6.04 Å². The lowest BCUT2D eigenvalue weighted by Gasteiger charge is -2.25. The molecule has 10 heteroatoms. The van der Waals surface area contributed by atoms with Crippen molar-refractivity contribution in [2.24, 2.45) is 11.7 Å². The molecule has 0 unspecified atom stereocenters. The first-order valence-electron chi connectivity index (χ1n) is 7.34. The summed E-state index contributed by atoms with van der Waals surface area (Å²) in [6.07, 6.45) is 1.38. The Morgan fingerprint density at radius 3 is 2.68 bits per heavy atom. The minimum Gasteiger partial charge on any atom is -0.365 e. The molecule has 1 aliphatic heterocycles. The van der Waals surface area contributed by atoms with Crippen LogP contribution in [0.2, 0.25) is 0 Å². The van der Waals surface area contributed by atoms with E-state index >= 15 is 0 Å². The van der Waals surface area contributed by atoms with Crippen molar-refractivity contribution < 1.29 is 18.3 Å². The number of carbonyl (C=O) groups is 1. The molecular formula is C15H16FN5O3S. The molecule has 1 amide bonds. The summed E-state index contributed by atoms with van der Waals surface area (Å²) in [5, 5.41) is 16.4. The fourth-order valence-corrected chi connectivity index (χ4v) is 4.68. The van der Waals surface area contributed by atoms with Crippen LogP contribution in [0.15, 0.2) is 30.5 Å². The standard InChI is InChI=1S/C15H16FN5O3S/c16-10-1-3-11(4-2-10)19-15-12(14(18)22)6-21(20-15)13-8-25(23,24)7-9(13)5-17/h1-4,6,9,13,23-24H,7-8H2,(H2,18,22)(H,19,20)/t9-,13+/m0/s1. The summed E-state index contributed by atoms with van der Waals surface area (Å²) < 4.78 is 34.1. The number of amides is 1. The largest absolute Gasteiger partial charge is 0.365 e. The normalized spacial score (nSPS) is 23.0. The van der Waals surface area contributed by atoms with Gasteiger partial charge in [-0.25, -0.2) is 4.39 Å². The Morgan fingerprint density at radius 2 is 2.08 bits per heavy atom. The summed E-state index contributed by atoms with van der Waals surface area (Å²) in [5.41, 5.74) is 5.96. The molecule has 2 heterocycles. The third kappa shape index (κ3) is 3.58. The number of anilines is 2. The number of aromatic nitrogens is 2. The molecule has 8 nitrogen and oxygen atoms in total. The average molecular weight is 365 g/mol. The van der Waals surface area contributed by atoms with Crippen LogP contribution in [0, 0.1) is 23.1 Å². The predicted molar refractivity (Wildman–Crippen MR) is 91.2 cm³/mol. The second-order valence-electron chi connectivity index (χ2n) is 5.81. The fourth-order valence-electron chi connectivity index (χ4n) is 2.74. The number of halogens is 1. The molecule has 132 valence electrons. The molecule has 25 heavy (non-hydrogen) atoms. The minimum absolute atomic E-state index is 0.0128. The fraction of sp³-hybridized carbons (Fsp3) is 0.267. The SMILES string of the molecule is N#C[C@H]1CS(O)(O)C[C@H]1n1cc(C(N)=O)c(Nc2ccc(F)cc2)n1. The van der Waals surface area contributed by atoms with Gasteiger partial charge in [-0.2, -0.15) is 21.0 Å². The van der Waals surface area contributed by atoms with Gasteiger partial charge in [0.25, 0.3) is 5.91 Å². The highest BCUT2D eigenvalue weighted by molar-refractivity contribution is 8.24. The van der Waals surface area contributed by atoms with E-state index in [1.54, 1.807) is 0 Å². The summed E-state index contributed by atoms with van der Waals surface area (Å²) in [6.45, 7) is 0. The maximum atomic E-state index is 13.0. The highest BCUT2D eigenvalue weighted by Gasteiger charge is 2.40. The van der Waals surface area contributed by atoms with Gasteiger partial charge in [0.15, 0.2) is 5.82 Å². The Bertz CT molecular complexity index is 846. The van der Waals surface area contributed by atoms with Gasteiger partial charge >= 0.3 is 0 Å². The van der Waals surface area contributed by atoms with Crippen LogP contribution in [0.1, 0.15) is 16.4 Å². The molecule has 1 aromatic heterocycles. The quantitative estimate of drug-likeness (QED) is 0.656. The zero-order valence-corrected chi connectivity index (χ0v) is 13.8. The van der Waals surface area contributed by atoms with Gasteiger partial charge in [0, 0.05) is 11.9 Å². The first kappa shape index (κ1) is 17.2. The van der Waals surface area contributed by atoms with Crippen LogP contribution in [-0.2, 0) is 0 Å². The Morgan fingerprint density at radius 1 is 1.40 bits per heavy atom. The zero-order chi connectivity index (χ0) is 18.2. The second kappa shape index (κ2) is 6.36. The van der Waals surface area contributed by atoms with Crippen molar-refractivity contribution >= 4 is 28.0 Å². The van der Waals surface area contributed by atoms with E-state index in [9.17, 15) is 23.6 Å². The van der Waals surface area contributed by atoms with E-state index in [0.717, 1.165) is 0 Å². The molecule has 3 rings (SSSR count). The van der Waals surface area contributed by atoms with Crippen molar-refractivity contribution in [3.05, 3.63) is 41.8 Å². The lowest BCUT2D eigenvalue weighted by Crippen LogP contribution is -2.17. The second-order valence-corrected chi connectivity index (χ2v) is 8.08. The predicted octanol–water partition coefficient (Wildman–Crippen LogP) is 2.31.